The van der Waals surface area contributed by atoms with Crippen LogP contribution in [0.5, 0.6) is 0 Å². The number of nitrogen functional groups attached to an aromatic ring is 1. The summed E-state index contributed by atoms with van der Waals surface area (Å²) >= 11 is 0. The largest absolute Gasteiger partial charge is 0.551 e. The van der Waals surface area contributed by atoms with E-state index < -0.39 is 16.6 Å². The summed E-state index contributed by atoms with van der Waals surface area (Å²) in [6.07, 6.45) is -1.58. The average Bonchev–Trinajstić information content (AvgIpc) is 2.15. The predicted octanol–water partition coefficient (Wildman–Crippen LogP) is 0.576. The summed E-state index contributed by atoms with van der Waals surface area (Å²) in [7, 11) is -3.54. The third kappa shape index (κ3) is 4.57. The Balaban J connectivity index is 2.63. The monoisotopic (exact) mass is 262 g/mol. The fraction of sp³-hybridized carbons (Fsp3) is 0.125. The third-order valence-electron chi connectivity index (χ3n) is 1.64. The van der Waals surface area contributed by atoms with Crippen LogP contribution >= 0.6 is 0 Å². The molecule has 3 N–H and O–H groups in total. The van der Waals surface area contributed by atoms with Crippen LogP contribution in [0.3, 0.4) is 0 Å². The summed E-state index contributed by atoms with van der Waals surface area (Å²) in [5, 5.41) is 0.951. The number of carbonyl (C=O) groups is 1. The van der Waals surface area contributed by atoms with Gasteiger partial charge in [-0.25, -0.2) is 5.06 Å². The van der Waals surface area contributed by atoms with Crippen molar-refractivity contribution in [3.05, 3.63) is 24.3 Å². The zero-order chi connectivity index (χ0) is 13.1. The number of rotatable bonds is 3. The highest BCUT2D eigenvalue weighted by Gasteiger charge is 2.17. The molecule has 0 saturated heterocycles. The number of hydroxylamine groups is 1. The Morgan fingerprint density at radius 1 is 1.35 bits per heavy atom. The van der Waals surface area contributed by atoms with E-state index in [1.54, 1.807) is 12.1 Å². The molecule has 0 unspecified atom stereocenters. The van der Waals surface area contributed by atoms with E-state index >= 15 is 0 Å². The molecular weight excluding hydrogens is 252 g/mol. The summed E-state index contributed by atoms with van der Waals surface area (Å²) in [5.74, 6) is 0. The van der Waals surface area contributed by atoms with Gasteiger partial charge in [-0.1, -0.05) is 0 Å². The zero-order valence-electron chi connectivity index (χ0n) is 8.73. The fourth-order valence-corrected chi connectivity index (χ4v) is 1.15. The van der Waals surface area contributed by atoms with Crippen LogP contribution in [0.2, 0.25) is 0 Å². The lowest BCUT2D eigenvalue weighted by Crippen LogP contribution is -2.24. The summed E-state index contributed by atoms with van der Waals surface area (Å²) in [5.41, 5.74) is 6.40. The molecular formula is C8H10N2O6S. The van der Waals surface area contributed by atoms with Crippen LogP contribution in [0.4, 0.5) is 16.2 Å². The molecule has 0 heterocycles. The number of carbonyl (C=O) groups excluding carboxylic acids is 1. The van der Waals surface area contributed by atoms with E-state index in [9.17, 15) is 13.2 Å². The lowest BCUT2D eigenvalue weighted by Gasteiger charge is -2.16. The first-order valence-electron chi connectivity index (χ1n) is 4.26. The lowest BCUT2D eigenvalue weighted by molar-refractivity contribution is 0.0916. The zero-order valence-corrected chi connectivity index (χ0v) is 9.55. The topological polar surface area (TPSA) is 119 Å². The highest BCUT2D eigenvalue weighted by molar-refractivity contribution is 7.81. The van der Waals surface area contributed by atoms with Crippen LogP contribution < -0.4 is 10.8 Å². The lowest BCUT2D eigenvalue weighted by atomic mass is 10.3. The van der Waals surface area contributed by atoms with Crippen molar-refractivity contribution in [2.45, 2.75) is 0 Å². The van der Waals surface area contributed by atoms with Gasteiger partial charge in [-0.15, -0.1) is 0 Å². The molecule has 0 atom stereocenters. The molecule has 0 bridgehead atoms. The van der Waals surface area contributed by atoms with E-state index in [4.69, 9.17) is 10.3 Å². The molecule has 0 amide bonds. The van der Waals surface area contributed by atoms with Crippen molar-refractivity contribution in [1.29, 1.82) is 0 Å². The van der Waals surface area contributed by atoms with Gasteiger partial charge >= 0.3 is 16.6 Å². The van der Waals surface area contributed by atoms with Crippen LogP contribution in [0.15, 0.2) is 24.3 Å². The predicted molar refractivity (Wildman–Crippen MR) is 58.4 cm³/mol. The smallest absolute Gasteiger partial charge is 0.399 e. The minimum Gasteiger partial charge on any atom is -0.399 e. The first-order chi connectivity index (χ1) is 7.78. The third-order valence-corrected chi connectivity index (χ3v) is 1.99. The molecule has 0 spiro atoms. The second-order valence-corrected chi connectivity index (χ2v) is 3.96. The summed E-state index contributed by atoms with van der Waals surface area (Å²) in [4.78, 5) is 15.3. The van der Waals surface area contributed by atoms with E-state index in [-0.39, 0.29) is 0 Å². The normalized spacial score (nSPS) is 10.7. The molecule has 1 rings (SSSR count). The summed E-state index contributed by atoms with van der Waals surface area (Å²) in [6, 6.07) is 6.19. The summed E-state index contributed by atoms with van der Waals surface area (Å²) in [6.45, 7) is 0. The van der Waals surface area contributed by atoms with Gasteiger partial charge in [0.05, 0.1) is 5.69 Å². The standard InChI is InChI=1S/C8H10N2O6S/c1-10(7-4-2-6(9)3-5-7)15-8(11)16-17(12,13)14/h2-5H,9H2,1H3,(H,12,13,14). The summed E-state index contributed by atoms with van der Waals surface area (Å²) < 4.78 is 32.2. The van der Waals surface area contributed by atoms with Gasteiger partial charge < -0.3 is 10.6 Å². The number of hydrogen-bond acceptors (Lipinski definition) is 7. The van der Waals surface area contributed by atoms with Crippen molar-refractivity contribution in [2.75, 3.05) is 17.8 Å². The average molecular weight is 262 g/mol. The fourth-order valence-electron chi connectivity index (χ4n) is 0.950. The van der Waals surface area contributed by atoms with E-state index in [1.165, 1.54) is 19.2 Å². The first-order valence-corrected chi connectivity index (χ1v) is 5.62. The molecule has 8 nitrogen and oxygen atoms in total. The molecule has 0 aliphatic carbocycles. The number of nitrogens with two attached hydrogens (primary N) is 1. The van der Waals surface area contributed by atoms with Crippen molar-refractivity contribution >= 4 is 27.9 Å². The van der Waals surface area contributed by atoms with E-state index in [1.807, 2.05) is 0 Å². The highest BCUT2D eigenvalue weighted by Crippen LogP contribution is 2.15. The molecule has 9 heteroatoms. The van der Waals surface area contributed by atoms with E-state index in [0.29, 0.717) is 11.4 Å². The van der Waals surface area contributed by atoms with Gasteiger partial charge in [-0.3, -0.25) is 8.74 Å². The number of hydrogen-bond donors (Lipinski definition) is 2. The Bertz CT molecular complexity index is 497. The number of benzene rings is 1. The minimum absolute atomic E-state index is 0.437. The van der Waals surface area contributed by atoms with Crippen LogP contribution in [0, 0.1) is 0 Å². The van der Waals surface area contributed by atoms with Crippen molar-refractivity contribution < 1.29 is 26.8 Å². The SMILES string of the molecule is CN(OC(=O)OS(=O)(=O)O)c1ccc(N)cc1. The molecule has 17 heavy (non-hydrogen) atoms. The molecule has 0 aromatic heterocycles. The Labute approximate surface area is 97.4 Å². The Morgan fingerprint density at radius 2 is 1.88 bits per heavy atom. The van der Waals surface area contributed by atoms with Gasteiger partial charge in [-0.2, -0.15) is 13.2 Å². The molecule has 1 aromatic carbocycles. The molecule has 0 radical (unpaired) electrons. The van der Waals surface area contributed by atoms with Gasteiger partial charge in [0.15, 0.2) is 0 Å². The van der Waals surface area contributed by atoms with Gasteiger partial charge in [0.2, 0.25) is 0 Å². The maximum absolute atomic E-state index is 10.9. The molecule has 0 aliphatic heterocycles. The minimum atomic E-state index is -4.88. The number of anilines is 2. The van der Waals surface area contributed by atoms with Gasteiger partial charge in [0.1, 0.15) is 0 Å². The van der Waals surface area contributed by atoms with E-state index in [2.05, 4.69) is 9.02 Å². The van der Waals surface area contributed by atoms with Gasteiger partial charge in [-0.05, 0) is 24.3 Å². The number of nitrogens with zero attached hydrogens (tertiary/aromatic N) is 1. The first kappa shape index (κ1) is 13.1. The highest BCUT2D eigenvalue weighted by atomic mass is 32.3. The Hall–Kier alpha value is -2.00. The molecule has 0 aliphatic rings. The molecule has 0 fully saturated rings. The van der Waals surface area contributed by atoms with Crippen molar-refractivity contribution in [3.63, 3.8) is 0 Å². The van der Waals surface area contributed by atoms with Crippen LogP contribution in [0.25, 0.3) is 0 Å². The van der Waals surface area contributed by atoms with Crippen LogP contribution in [0.1, 0.15) is 0 Å². The molecule has 0 saturated carbocycles. The second kappa shape index (κ2) is 4.89. The van der Waals surface area contributed by atoms with Crippen LogP contribution in [-0.2, 0) is 19.4 Å². The van der Waals surface area contributed by atoms with Gasteiger partial charge in [0.25, 0.3) is 0 Å². The van der Waals surface area contributed by atoms with Crippen LogP contribution in [-0.4, -0.2) is 26.2 Å². The quantitative estimate of drug-likeness (QED) is 0.461. The maximum atomic E-state index is 10.9. The van der Waals surface area contributed by atoms with Crippen molar-refractivity contribution in [3.8, 4) is 0 Å². The Morgan fingerprint density at radius 3 is 2.35 bits per heavy atom. The van der Waals surface area contributed by atoms with Crippen molar-refractivity contribution in [2.24, 2.45) is 0 Å². The molecule has 94 valence electrons. The second-order valence-electron chi connectivity index (χ2n) is 2.94. The maximum Gasteiger partial charge on any atom is 0.551 e. The van der Waals surface area contributed by atoms with Gasteiger partial charge in [0, 0.05) is 12.7 Å². The Kier molecular flexibility index (Phi) is 3.76. The molecule has 1 aromatic rings. The van der Waals surface area contributed by atoms with E-state index in [0.717, 1.165) is 5.06 Å². The van der Waals surface area contributed by atoms with Crippen molar-refractivity contribution in [1.82, 2.24) is 0 Å².